The Morgan fingerprint density at radius 2 is 1.94 bits per heavy atom. The number of nitrogen functional groups attached to an aromatic ring is 1. The Labute approximate surface area is 115 Å². The number of rotatable bonds is 3. The van der Waals surface area contributed by atoms with Crippen LogP contribution in [0.2, 0.25) is 0 Å². The third kappa shape index (κ3) is 2.71. The number of hydrogen-bond acceptors (Lipinski definition) is 3. The van der Waals surface area contributed by atoms with Crippen molar-refractivity contribution in [2.75, 3.05) is 24.7 Å². The van der Waals surface area contributed by atoms with Crippen molar-refractivity contribution in [3.05, 3.63) is 39.6 Å². The molecule has 1 aromatic heterocycles. The number of anilines is 2. The van der Waals surface area contributed by atoms with E-state index < -0.39 is 0 Å². The van der Waals surface area contributed by atoms with Crippen molar-refractivity contribution < 1.29 is 0 Å². The zero-order valence-electron chi connectivity index (χ0n) is 9.89. The van der Waals surface area contributed by atoms with Gasteiger partial charge in [-0.15, -0.1) is 0 Å². The average Bonchev–Trinajstić information content (AvgIpc) is 2.62. The summed E-state index contributed by atoms with van der Waals surface area (Å²) < 4.78 is 2.81. The van der Waals surface area contributed by atoms with Crippen LogP contribution < -0.4 is 10.6 Å². The average molecular weight is 342 g/mol. The van der Waals surface area contributed by atoms with Gasteiger partial charge >= 0.3 is 0 Å². The molecule has 0 spiro atoms. The third-order valence-electron chi connectivity index (χ3n) is 2.62. The largest absolute Gasteiger partial charge is 0.383 e. The van der Waals surface area contributed by atoms with Crippen LogP contribution in [0.25, 0.3) is 0 Å². The highest BCUT2D eigenvalue weighted by Gasteiger charge is 2.05. The minimum atomic E-state index is 0.711. The first-order valence-corrected chi connectivity index (χ1v) is 6.39. The fourth-order valence-electron chi connectivity index (χ4n) is 1.57. The lowest BCUT2D eigenvalue weighted by molar-refractivity contribution is 0.697. The molecule has 90 valence electrons. The van der Waals surface area contributed by atoms with Gasteiger partial charge in [-0.05, 0) is 40.3 Å². The quantitative estimate of drug-likeness (QED) is 0.870. The number of benzene rings is 1. The summed E-state index contributed by atoms with van der Waals surface area (Å²) in [6.07, 6.45) is 1.78. The van der Waals surface area contributed by atoms with Crippen molar-refractivity contribution in [1.82, 2.24) is 9.78 Å². The molecule has 1 aromatic carbocycles. The first kappa shape index (κ1) is 12.2. The number of hydrogen-bond donors (Lipinski definition) is 1. The van der Waals surface area contributed by atoms with Crippen molar-refractivity contribution in [1.29, 1.82) is 0 Å². The van der Waals surface area contributed by atoms with Gasteiger partial charge in [0.2, 0.25) is 0 Å². The highest BCUT2D eigenvalue weighted by atomic mass is 127. The van der Waals surface area contributed by atoms with Crippen LogP contribution in [0.5, 0.6) is 0 Å². The second-order valence-electron chi connectivity index (χ2n) is 4.10. The van der Waals surface area contributed by atoms with Crippen LogP contribution in [0.15, 0.2) is 30.5 Å². The first-order valence-electron chi connectivity index (χ1n) is 5.31. The van der Waals surface area contributed by atoms with E-state index in [0.29, 0.717) is 6.54 Å². The van der Waals surface area contributed by atoms with Crippen LogP contribution in [0.3, 0.4) is 0 Å². The zero-order valence-corrected chi connectivity index (χ0v) is 12.0. The molecule has 0 saturated heterocycles. The topological polar surface area (TPSA) is 47.1 Å². The summed E-state index contributed by atoms with van der Waals surface area (Å²) in [4.78, 5) is 2.08. The maximum absolute atomic E-state index is 5.91. The molecular weight excluding hydrogens is 327 g/mol. The summed E-state index contributed by atoms with van der Waals surface area (Å²) in [5, 5.41) is 4.24. The molecule has 0 amide bonds. The lowest BCUT2D eigenvalue weighted by atomic mass is 10.2. The fourth-order valence-corrected chi connectivity index (χ4v) is 1.97. The molecule has 1 heterocycles. The van der Waals surface area contributed by atoms with Gasteiger partial charge in [0.1, 0.15) is 5.82 Å². The molecule has 17 heavy (non-hydrogen) atoms. The smallest absolute Gasteiger partial charge is 0.135 e. The molecule has 0 unspecified atom stereocenters. The summed E-state index contributed by atoms with van der Waals surface area (Å²) in [5.41, 5.74) is 8.30. The second kappa shape index (κ2) is 4.95. The number of aromatic nitrogens is 2. The van der Waals surface area contributed by atoms with Gasteiger partial charge in [0.05, 0.1) is 16.3 Å². The van der Waals surface area contributed by atoms with E-state index in [0.717, 1.165) is 9.39 Å². The molecule has 5 heteroatoms. The van der Waals surface area contributed by atoms with E-state index in [1.54, 1.807) is 6.20 Å². The molecule has 0 bridgehead atoms. The minimum absolute atomic E-state index is 0.711. The highest BCUT2D eigenvalue weighted by Crippen LogP contribution is 2.17. The van der Waals surface area contributed by atoms with Crippen LogP contribution in [0.1, 0.15) is 5.56 Å². The fraction of sp³-hybridized carbons (Fsp3) is 0.250. The van der Waals surface area contributed by atoms with Crippen molar-refractivity contribution in [2.45, 2.75) is 6.54 Å². The molecular formula is C12H15IN4. The minimum Gasteiger partial charge on any atom is -0.383 e. The number of nitrogens with zero attached hydrogens (tertiary/aromatic N) is 3. The molecule has 0 radical (unpaired) electrons. The Hall–Kier alpha value is -1.24. The normalized spacial score (nSPS) is 10.5. The first-order chi connectivity index (χ1) is 8.08. The zero-order chi connectivity index (χ0) is 12.4. The van der Waals surface area contributed by atoms with E-state index in [4.69, 9.17) is 5.73 Å². The number of halogens is 1. The van der Waals surface area contributed by atoms with Crippen molar-refractivity contribution in [3.63, 3.8) is 0 Å². The summed E-state index contributed by atoms with van der Waals surface area (Å²) in [7, 11) is 4.06. The van der Waals surface area contributed by atoms with Gasteiger partial charge in [-0.25, -0.2) is 4.68 Å². The van der Waals surface area contributed by atoms with Crippen molar-refractivity contribution in [2.24, 2.45) is 0 Å². The van der Waals surface area contributed by atoms with Crippen molar-refractivity contribution >= 4 is 34.1 Å². The van der Waals surface area contributed by atoms with Crippen LogP contribution >= 0.6 is 22.6 Å². The molecule has 2 aromatic rings. The molecule has 2 N–H and O–H groups in total. The SMILES string of the molecule is CN(C)c1ccc(Cn2ncc(I)c2N)cc1. The summed E-state index contributed by atoms with van der Waals surface area (Å²) in [6, 6.07) is 8.40. The lowest BCUT2D eigenvalue weighted by Crippen LogP contribution is -2.09. The number of nitrogens with two attached hydrogens (primary N) is 1. The summed E-state index contributed by atoms with van der Waals surface area (Å²) >= 11 is 2.19. The van der Waals surface area contributed by atoms with Crippen LogP contribution in [-0.4, -0.2) is 23.9 Å². The highest BCUT2D eigenvalue weighted by molar-refractivity contribution is 14.1. The Balaban J connectivity index is 2.17. The van der Waals surface area contributed by atoms with E-state index in [1.165, 1.54) is 11.3 Å². The van der Waals surface area contributed by atoms with Gasteiger partial charge in [0, 0.05) is 19.8 Å². The predicted octanol–water partition coefficient (Wildman–Crippen LogP) is 2.18. The third-order valence-corrected chi connectivity index (χ3v) is 3.45. The molecule has 2 rings (SSSR count). The maximum Gasteiger partial charge on any atom is 0.135 e. The van der Waals surface area contributed by atoms with Gasteiger partial charge in [-0.3, -0.25) is 0 Å². The lowest BCUT2D eigenvalue weighted by Gasteiger charge is -2.12. The second-order valence-corrected chi connectivity index (χ2v) is 5.26. The molecule has 0 fully saturated rings. The van der Waals surface area contributed by atoms with E-state index in [9.17, 15) is 0 Å². The summed E-state index contributed by atoms with van der Waals surface area (Å²) in [6.45, 7) is 0.711. The van der Waals surface area contributed by atoms with E-state index in [1.807, 2.05) is 18.8 Å². The molecule has 0 aliphatic rings. The molecule has 0 aliphatic heterocycles. The summed E-state index contributed by atoms with van der Waals surface area (Å²) in [5.74, 6) is 0.724. The Bertz CT molecular complexity index is 502. The van der Waals surface area contributed by atoms with E-state index >= 15 is 0 Å². The van der Waals surface area contributed by atoms with Crippen molar-refractivity contribution in [3.8, 4) is 0 Å². The standard InChI is InChI=1S/C12H15IN4/c1-16(2)10-5-3-9(4-6-10)8-17-12(14)11(13)7-15-17/h3-7H,8,14H2,1-2H3. The van der Waals surface area contributed by atoms with E-state index in [2.05, 4.69) is 56.9 Å². The molecule has 0 atom stereocenters. The van der Waals surface area contributed by atoms with Gasteiger partial charge in [0.15, 0.2) is 0 Å². The maximum atomic E-state index is 5.91. The molecule has 0 saturated carbocycles. The van der Waals surface area contributed by atoms with E-state index in [-0.39, 0.29) is 0 Å². The Kier molecular flexibility index (Phi) is 3.56. The molecule has 4 nitrogen and oxygen atoms in total. The Morgan fingerprint density at radius 1 is 1.29 bits per heavy atom. The predicted molar refractivity (Wildman–Crippen MR) is 79.2 cm³/mol. The molecule has 0 aliphatic carbocycles. The van der Waals surface area contributed by atoms with Gasteiger partial charge in [-0.1, -0.05) is 12.1 Å². The monoisotopic (exact) mass is 342 g/mol. The van der Waals surface area contributed by atoms with Crippen LogP contribution in [0, 0.1) is 3.57 Å². The van der Waals surface area contributed by atoms with Gasteiger partial charge < -0.3 is 10.6 Å². The van der Waals surface area contributed by atoms with Gasteiger partial charge in [0.25, 0.3) is 0 Å². The van der Waals surface area contributed by atoms with Crippen LogP contribution in [0.4, 0.5) is 11.5 Å². The Morgan fingerprint density at radius 3 is 2.41 bits per heavy atom. The van der Waals surface area contributed by atoms with Gasteiger partial charge in [-0.2, -0.15) is 5.10 Å². The van der Waals surface area contributed by atoms with Crippen LogP contribution in [-0.2, 0) is 6.54 Å².